The van der Waals surface area contributed by atoms with Crippen molar-refractivity contribution >= 4 is 65.2 Å². The number of hydrogen-bond donors (Lipinski definition) is 0. The van der Waals surface area contributed by atoms with Gasteiger partial charge in [0.25, 0.3) is 0 Å². The van der Waals surface area contributed by atoms with E-state index >= 15 is 0 Å². The van der Waals surface area contributed by atoms with Gasteiger partial charge in [0.2, 0.25) is 0 Å². The van der Waals surface area contributed by atoms with Crippen LogP contribution in [0.3, 0.4) is 0 Å². The molecule has 0 aliphatic carbocycles. The zero-order chi connectivity index (χ0) is 27.9. The fourth-order valence-corrected chi connectivity index (χ4v) is 6.97. The number of aromatic nitrogens is 2. The molecule has 0 aliphatic rings. The van der Waals surface area contributed by atoms with Crippen LogP contribution in [0.1, 0.15) is 11.1 Å². The van der Waals surface area contributed by atoms with Crippen molar-refractivity contribution in [3.8, 4) is 11.4 Å². The molecule has 2 heterocycles. The fourth-order valence-electron chi connectivity index (χ4n) is 6.97. The van der Waals surface area contributed by atoms with E-state index in [0.29, 0.717) is 0 Å². The van der Waals surface area contributed by atoms with Crippen LogP contribution in [-0.4, -0.2) is 9.13 Å². The van der Waals surface area contributed by atoms with Gasteiger partial charge in [-0.1, -0.05) is 108 Å². The van der Waals surface area contributed by atoms with Gasteiger partial charge in [0.15, 0.2) is 0 Å². The molecule has 0 saturated heterocycles. The van der Waals surface area contributed by atoms with Gasteiger partial charge in [-0.15, -0.1) is 0 Å². The van der Waals surface area contributed by atoms with E-state index < -0.39 is 0 Å². The molecule has 0 N–H and O–H groups in total. The molecule has 7 aromatic carbocycles. The van der Waals surface area contributed by atoms with Gasteiger partial charge in [-0.05, 0) is 61.0 Å². The lowest BCUT2D eigenvalue weighted by Crippen LogP contribution is -1.95. The first-order valence-corrected chi connectivity index (χ1v) is 14.6. The summed E-state index contributed by atoms with van der Waals surface area (Å²) in [7, 11) is 0. The third-order valence-corrected chi connectivity index (χ3v) is 9.01. The van der Waals surface area contributed by atoms with E-state index in [1.54, 1.807) is 0 Å². The Labute approximate surface area is 243 Å². The Bertz CT molecular complexity index is 2330. The highest BCUT2D eigenvalue weighted by molar-refractivity contribution is 6.25. The van der Waals surface area contributed by atoms with Crippen molar-refractivity contribution in [1.29, 1.82) is 0 Å². The molecule has 0 fully saturated rings. The van der Waals surface area contributed by atoms with Crippen LogP contribution in [-0.2, 0) is 0 Å². The zero-order valence-corrected chi connectivity index (χ0v) is 23.6. The molecule has 0 unspecified atom stereocenters. The highest BCUT2D eigenvalue weighted by atomic mass is 15.0. The quantitative estimate of drug-likeness (QED) is 0.208. The van der Waals surface area contributed by atoms with E-state index in [0.717, 1.165) is 0 Å². The van der Waals surface area contributed by atoms with Crippen molar-refractivity contribution in [2.24, 2.45) is 0 Å². The summed E-state index contributed by atoms with van der Waals surface area (Å²) < 4.78 is 4.95. The van der Waals surface area contributed by atoms with Gasteiger partial charge >= 0.3 is 0 Å². The molecule has 42 heavy (non-hydrogen) atoms. The first kappa shape index (κ1) is 23.4. The normalized spacial score (nSPS) is 12.0. The monoisotopic (exact) mass is 536 g/mol. The van der Waals surface area contributed by atoms with Crippen molar-refractivity contribution in [2.75, 3.05) is 0 Å². The Balaban J connectivity index is 1.52. The van der Waals surface area contributed by atoms with Crippen LogP contribution < -0.4 is 0 Å². The van der Waals surface area contributed by atoms with Crippen LogP contribution in [0.4, 0.5) is 0 Å². The minimum absolute atomic E-state index is 1.18. The molecule has 2 nitrogen and oxygen atoms in total. The SMILES string of the molecule is Cc1ccc(-n2c3cc4c5ccc6ccccc6c5n(-c5ccc(C)cc5)c4cc3c3ccc4ccccc4c32)cc1. The molecule has 0 saturated carbocycles. The average molecular weight is 537 g/mol. The lowest BCUT2D eigenvalue weighted by Gasteiger charge is -2.11. The summed E-state index contributed by atoms with van der Waals surface area (Å²) in [5, 5.41) is 10.1. The van der Waals surface area contributed by atoms with Gasteiger partial charge in [0, 0.05) is 43.7 Å². The lowest BCUT2D eigenvalue weighted by molar-refractivity contribution is 1.17. The molecule has 0 aliphatic heterocycles. The first-order chi connectivity index (χ1) is 20.7. The number of nitrogens with zero attached hydrogens (tertiary/aromatic N) is 2. The molecule has 0 bridgehead atoms. The average Bonchev–Trinajstić information content (AvgIpc) is 3.53. The molecular weight excluding hydrogens is 508 g/mol. The second-order valence-corrected chi connectivity index (χ2v) is 11.6. The molecule has 2 heteroatoms. The maximum absolute atomic E-state index is 2.47. The van der Waals surface area contributed by atoms with Gasteiger partial charge in [0.1, 0.15) is 0 Å². The smallest absolute Gasteiger partial charge is 0.0619 e. The maximum Gasteiger partial charge on any atom is 0.0619 e. The first-order valence-electron chi connectivity index (χ1n) is 14.6. The largest absolute Gasteiger partial charge is 0.309 e. The van der Waals surface area contributed by atoms with Gasteiger partial charge in [0.05, 0.1) is 22.1 Å². The lowest BCUT2D eigenvalue weighted by atomic mass is 10.0. The predicted molar refractivity (Wildman–Crippen MR) is 180 cm³/mol. The van der Waals surface area contributed by atoms with E-state index in [1.807, 2.05) is 0 Å². The summed E-state index contributed by atoms with van der Waals surface area (Å²) in [6, 6.07) is 49.4. The van der Waals surface area contributed by atoms with E-state index in [1.165, 1.54) is 87.7 Å². The van der Waals surface area contributed by atoms with E-state index in [2.05, 4.69) is 156 Å². The third kappa shape index (κ3) is 3.21. The van der Waals surface area contributed by atoms with Gasteiger partial charge in [-0.25, -0.2) is 0 Å². The van der Waals surface area contributed by atoms with Crippen LogP contribution in [0.25, 0.3) is 76.5 Å². The second-order valence-electron chi connectivity index (χ2n) is 11.6. The summed E-state index contributed by atoms with van der Waals surface area (Å²) in [5.74, 6) is 0. The van der Waals surface area contributed by atoms with Crippen LogP contribution >= 0.6 is 0 Å². The Hall–Kier alpha value is -5.34. The number of benzene rings is 7. The molecule has 198 valence electrons. The van der Waals surface area contributed by atoms with Crippen molar-refractivity contribution in [3.63, 3.8) is 0 Å². The number of hydrogen-bond acceptors (Lipinski definition) is 0. The van der Waals surface area contributed by atoms with Crippen molar-refractivity contribution in [3.05, 3.63) is 145 Å². The number of rotatable bonds is 2. The molecule has 0 atom stereocenters. The summed E-state index contributed by atoms with van der Waals surface area (Å²) in [5.41, 5.74) is 9.88. The summed E-state index contributed by atoms with van der Waals surface area (Å²) >= 11 is 0. The minimum atomic E-state index is 1.18. The van der Waals surface area contributed by atoms with Crippen LogP contribution in [0.5, 0.6) is 0 Å². The number of fused-ring (bicyclic) bond motifs is 10. The highest BCUT2D eigenvalue weighted by Crippen LogP contribution is 2.43. The summed E-state index contributed by atoms with van der Waals surface area (Å²) in [6.45, 7) is 4.30. The molecular formula is C40H28N2. The molecule has 0 amide bonds. The van der Waals surface area contributed by atoms with E-state index in [-0.39, 0.29) is 0 Å². The Morgan fingerprint density at radius 1 is 0.357 bits per heavy atom. The van der Waals surface area contributed by atoms with Gasteiger partial charge in [-0.3, -0.25) is 0 Å². The maximum atomic E-state index is 2.47. The fraction of sp³-hybridized carbons (Fsp3) is 0.0500. The summed E-state index contributed by atoms with van der Waals surface area (Å²) in [6.07, 6.45) is 0. The Morgan fingerprint density at radius 3 is 1.19 bits per heavy atom. The standard InChI is InChI=1S/C40H28N2/c1-25-11-17-29(18-12-25)41-37-23-36-34-22-16-28-8-4-6-10-32(28)40(34)42(30-19-13-26(2)14-20-30)38(36)24-35(37)33-21-15-27-7-3-5-9-31(27)39(33)41/h3-24H,1-2H3. The highest BCUT2D eigenvalue weighted by Gasteiger charge is 2.20. The van der Waals surface area contributed by atoms with Crippen LogP contribution in [0, 0.1) is 13.8 Å². The molecule has 0 radical (unpaired) electrons. The second kappa shape index (κ2) is 8.58. The van der Waals surface area contributed by atoms with Gasteiger partial charge < -0.3 is 9.13 Å². The predicted octanol–water partition coefficient (Wildman–Crippen LogP) is 10.8. The zero-order valence-electron chi connectivity index (χ0n) is 23.6. The van der Waals surface area contributed by atoms with Gasteiger partial charge in [-0.2, -0.15) is 0 Å². The Morgan fingerprint density at radius 2 is 0.762 bits per heavy atom. The molecule has 9 aromatic rings. The van der Waals surface area contributed by atoms with Crippen LogP contribution in [0.2, 0.25) is 0 Å². The van der Waals surface area contributed by atoms with E-state index in [9.17, 15) is 0 Å². The molecule has 9 rings (SSSR count). The summed E-state index contributed by atoms with van der Waals surface area (Å²) in [4.78, 5) is 0. The van der Waals surface area contributed by atoms with Crippen molar-refractivity contribution < 1.29 is 0 Å². The van der Waals surface area contributed by atoms with Crippen molar-refractivity contribution in [2.45, 2.75) is 13.8 Å². The Kier molecular flexibility index (Phi) is 4.77. The molecule has 0 spiro atoms. The minimum Gasteiger partial charge on any atom is -0.309 e. The third-order valence-electron chi connectivity index (χ3n) is 9.01. The molecule has 2 aromatic heterocycles. The van der Waals surface area contributed by atoms with E-state index in [4.69, 9.17) is 0 Å². The van der Waals surface area contributed by atoms with Crippen LogP contribution in [0.15, 0.2) is 133 Å². The topological polar surface area (TPSA) is 9.86 Å². The van der Waals surface area contributed by atoms with Crippen molar-refractivity contribution in [1.82, 2.24) is 9.13 Å². The number of aryl methyl sites for hydroxylation is 2.